The maximum absolute atomic E-state index is 13.6. The predicted molar refractivity (Wildman–Crippen MR) is 72.6 cm³/mol. The van der Waals surface area contributed by atoms with E-state index in [1.165, 1.54) is 7.11 Å². The third-order valence-corrected chi connectivity index (χ3v) is 3.78. The van der Waals surface area contributed by atoms with Crippen LogP contribution in [0.4, 0.5) is 10.1 Å². The molecular formula is C11H16FN3O5S. The molecule has 0 saturated heterocycles. The van der Waals surface area contributed by atoms with Crippen LogP contribution in [-0.4, -0.2) is 41.2 Å². The van der Waals surface area contributed by atoms with Crippen molar-refractivity contribution >= 4 is 21.6 Å². The Hall–Kier alpha value is -1.91. The first-order valence-electron chi connectivity index (χ1n) is 5.76. The van der Waals surface area contributed by atoms with Crippen LogP contribution in [0.25, 0.3) is 0 Å². The van der Waals surface area contributed by atoms with Crippen LogP contribution in [0.3, 0.4) is 0 Å². The Balaban J connectivity index is 2.73. The summed E-state index contributed by atoms with van der Waals surface area (Å²) in [6.45, 7) is -0.481. The molecule has 5 N–H and O–H groups in total. The fourth-order valence-electron chi connectivity index (χ4n) is 1.46. The van der Waals surface area contributed by atoms with Crippen LogP contribution in [-0.2, 0) is 19.6 Å². The van der Waals surface area contributed by atoms with E-state index in [9.17, 15) is 17.6 Å². The van der Waals surface area contributed by atoms with Gasteiger partial charge in [0.2, 0.25) is 15.9 Å². The number of sulfonamides is 1. The van der Waals surface area contributed by atoms with Gasteiger partial charge in [-0.3, -0.25) is 4.79 Å². The number of methoxy groups -OCH3 is 1. The van der Waals surface area contributed by atoms with E-state index >= 15 is 0 Å². The van der Waals surface area contributed by atoms with Crippen molar-refractivity contribution in [3.63, 3.8) is 0 Å². The van der Waals surface area contributed by atoms with Gasteiger partial charge in [0, 0.05) is 6.54 Å². The van der Waals surface area contributed by atoms with Crippen molar-refractivity contribution in [3.05, 3.63) is 17.9 Å². The highest BCUT2D eigenvalue weighted by Gasteiger charge is 2.18. The monoisotopic (exact) mass is 321 g/mol. The first kappa shape index (κ1) is 17.1. The third-order valence-electron chi connectivity index (χ3n) is 2.34. The summed E-state index contributed by atoms with van der Waals surface area (Å²) in [5.74, 6) is -1.77. The standard InChI is InChI=1S/C11H16FN3O5S/c1-19-11-8(12)4-7(5-9(11)13)21(17,18)15-2-3-20-6-10(14)16/h4-5,15H,2-3,6,13H2,1H3,(H2,14,16). The first-order valence-corrected chi connectivity index (χ1v) is 7.25. The van der Waals surface area contributed by atoms with E-state index in [1.807, 2.05) is 0 Å². The zero-order chi connectivity index (χ0) is 16.0. The lowest BCUT2D eigenvalue weighted by molar-refractivity contribution is -0.122. The first-order chi connectivity index (χ1) is 9.77. The summed E-state index contributed by atoms with van der Waals surface area (Å²) in [5, 5.41) is 0. The molecule has 0 spiro atoms. The number of hydrogen-bond donors (Lipinski definition) is 3. The molecule has 0 aromatic heterocycles. The fraction of sp³-hybridized carbons (Fsp3) is 0.364. The summed E-state index contributed by atoms with van der Waals surface area (Å²) < 4.78 is 49.1. The SMILES string of the molecule is COc1c(N)cc(S(=O)(=O)NCCOCC(N)=O)cc1F. The molecule has 0 saturated carbocycles. The maximum Gasteiger partial charge on any atom is 0.243 e. The van der Waals surface area contributed by atoms with Crippen LogP contribution >= 0.6 is 0 Å². The highest BCUT2D eigenvalue weighted by atomic mass is 32.2. The number of hydrogen-bond acceptors (Lipinski definition) is 6. The molecule has 8 nitrogen and oxygen atoms in total. The Bertz CT molecular complexity index is 597. The Labute approximate surface area is 121 Å². The smallest absolute Gasteiger partial charge is 0.243 e. The van der Waals surface area contributed by atoms with Crippen LogP contribution < -0.4 is 20.9 Å². The van der Waals surface area contributed by atoms with E-state index in [4.69, 9.17) is 20.9 Å². The van der Waals surface area contributed by atoms with Crippen molar-refractivity contribution in [1.29, 1.82) is 0 Å². The van der Waals surface area contributed by atoms with Crippen molar-refractivity contribution in [2.45, 2.75) is 4.90 Å². The molecule has 0 heterocycles. The number of primary amides is 1. The van der Waals surface area contributed by atoms with Gasteiger partial charge in [-0.15, -0.1) is 0 Å². The summed E-state index contributed by atoms with van der Waals surface area (Å²) in [5.41, 5.74) is 10.2. The largest absolute Gasteiger partial charge is 0.492 e. The highest BCUT2D eigenvalue weighted by Crippen LogP contribution is 2.28. The number of carbonyl (C=O) groups excluding carboxylic acids is 1. The normalized spacial score (nSPS) is 11.3. The van der Waals surface area contributed by atoms with E-state index in [1.54, 1.807) is 0 Å². The average molecular weight is 321 g/mol. The molecule has 1 aromatic carbocycles. The van der Waals surface area contributed by atoms with Gasteiger partial charge >= 0.3 is 0 Å². The van der Waals surface area contributed by atoms with Gasteiger partial charge in [0.25, 0.3) is 0 Å². The number of anilines is 1. The second kappa shape index (κ2) is 7.20. The van der Waals surface area contributed by atoms with E-state index in [0.29, 0.717) is 0 Å². The molecule has 118 valence electrons. The summed E-state index contributed by atoms with van der Waals surface area (Å²) in [4.78, 5) is 10.1. The van der Waals surface area contributed by atoms with Crippen molar-refractivity contribution in [2.24, 2.45) is 5.73 Å². The molecule has 10 heteroatoms. The Morgan fingerprint density at radius 1 is 1.43 bits per heavy atom. The van der Waals surface area contributed by atoms with Gasteiger partial charge in [-0.1, -0.05) is 0 Å². The lowest BCUT2D eigenvalue weighted by Gasteiger charge is -2.10. The van der Waals surface area contributed by atoms with Crippen molar-refractivity contribution in [1.82, 2.24) is 4.72 Å². The lowest BCUT2D eigenvalue weighted by atomic mass is 10.3. The van der Waals surface area contributed by atoms with Gasteiger partial charge < -0.3 is 20.9 Å². The van der Waals surface area contributed by atoms with Crippen molar-refractivity contribution in [3.8, 4) is 5.75 Å². The molecule has 0 atom stereocenters. The van der Waals surface area contributed by atoms with Crippen LogP contribution in [0.15, 0.2) is 17.0 Å². The molecule has 0 aliphatic rings. The molecule has 0 aliphatic carbocycles. The molecule has 1 aromatic rings. The summed E-state index contributed by atoms with van der Waals surface area (Å²) in [6.07, 6.45) is 0. The van der Waals surface area contributed by atoms with Crippen LogP contribution in [0.5, 0.6) is 5.75 Å². The van der Waals surface area contributed by atoms with E-state index < -0.39 is 21.7 Å². The number of halogens is 1. The molecule has 0 fully saturated rings. The molecule has 0 bridgehead atoms. The summed E-state index contributed by atoms with van der Waals surface area (Å²) >= 11 is 0. The second-order valence-corrected chi connectivity index (χ2v) is 5.71. The fourth-order valence-corrected chi connectivity index (χ4v) is 2.52. The topological polar surface area (TPSA) is 134 Å². The van der Waals surface area contributed by atoms with Gasteiger partial charge in [0.05, 0.1) is 24.3 Å². The molecular weight excluding hydrogens is 305 g/mol. The van der Waals surface area contributed by atoms with Crippen molar-refractivity contribution < 1.29 is 27.1 Å². The predicted octanol–water partition coefficient (Wildman–Crippen LogP) is -0.803. The molecule has 21 heavy (non-hydrogen) atoms. The number of ether oxygens (including phenoxy) is 2. The quantitative estimate of drug-likeness (QED) is 0.424. The molecule has 0 aliphatic heterocycles. The highest BCUT2D eigenvalue weighted by molar-refractivity contribution is 7.89. The number of rotatable bonds is 8. The minimum absolute atomic E-state index is 0.0592. The summed E-state index contributed by atoms with van der Waals surface area (Å²) in [6, 6.07) is 1.87. The second-order valence-electron chi connectivity index (χ2n) is 3.94. The minimum atomic E-state index is -3.95. The Morgan fingerprint density at radius 3 is 2.62 bits per heavy atom. The van der Waals surface area contributed by atoms with E-state index in [0.717, 1.165) is 12.1 Å². The van der Waals surface area contributed by atoms with Crippen LogP contribution in [0.2, 0.25) is 0 Å². The maximum atomic E-state index is 13.6. The molecule has 0 unspecified atom stereocenters. The third kappa shape index (κ3) is 4.85. The zero-order valence-corrected chi connectivity index (χ0v) is 12.1. The molecule has 1 amide bonds. The van der Waals surface area contributed by atoms with Gasteiger partial charge in [-0.05, 0) is 12.1 Å². The molecule has 1 rings (SSSR count). The van der Waals surface area contributed by atoms with E-state index in [2.05, 4.69) is 4.72 Å². The number of nitrogens with two attached hydrogens (primary N) is 2. The van der Waals surface area contributed by atoms with Gasteiger partial charge in [-0.2, -0.15) is 0 Å². The zero-order valence-electron chi connectivity index (χ0n) is 11.3. The van der Waals surface area contributed by atoms with Crippen LogP contribution in [0.1, 0.15) is 0 Å². The lowest BCUT2D eigenvalue weighted by Crippen LogP contribution is -2.29. The Morgan fingerprint density at radius 2 is 2.10 bits per heavy atom. The summed E-state index contributed by atoms with van der Waals surface area (Å²) in [7, 11) is -2.73. The number of benzene rings is 1. The number of amides is 1. The minimum Gasteiger partial charge on any atom is -0.492 e. The number of nitrogens with one attached hydrogen (secondary N) is 1. The average Bonchev–Trinajstić information content (AvgIpc) is 2.37. The van der Waals surface area contributed by atoms with Gasteiger partial charge in [0.1, 0.15) is 6.61 Å². The van der Waals surface area contributed by atoms with E-state index in [-0.39, 0.29) is 36.1 Å². The van der Waals surface area contributed by atoms with Gasteiger partial charge in [-0.25, -0.2) is 17.5 Å². The van der Waals surface area contributed by atoms with Crippen LogP contribution in [0, 0.1) is 5.82 Å². The van der Waals surface area contributed by atoms with Crippen molar-refractivity contribution in [2.75, 3.05) is 32.6 Å². The molecule has 0 radical (unpaired) electrons. The number of nitrogen functional groups attached to an aromatic ring is 1. The number of carbonyl (C=O) groups is 1. The van der Waals surface area contributed by atoms with Gasteiger partial charge in [0.15, 0.2) is 11.6 Å². The Kier molecular flexibility index (Phi) is 5.88.